The van der Waals surface area contributed by atoms with Gasteiger partial charge < -0.3 is 4.90 Å². The van der Waals surface area contributed by atoms with Gasteiger partial charge in [-0.15, -0.1) is 0 Å². The molecule has 1 N–H and O–H groups in total. The van der Waals surface area contributed by atoms with Crippen LogP contribution < -0.4 is 5.32 Å². The molecule has 3 heteroatoms. The standard InChI is InChI=1S/C17H24N2O/c1-11-5-4-6-14(9-11)16-18-13(3)17(20)19(16)15-8-7-12(2)10-15/h4-6,9,12-13,15-16,18H,7-8,10H2,1-3H3. The average Bonchev–Trinajstić information content (AvgIpc) is 2.95. The molecule has 0 aromatic heterocycles. The molecule has 0 radical (unpaired) electrons. The molecule has 20 heavy (non-hydrogen) atoms. The van der Waals surface area contributed by atoms with Crippen LogP contribution in [0.3, 0.4) is 0 Å². The predicted molar refractivity (Wildman–Crippen MR) is 80.2 cm³/mol. The maximum atomic E-state index is 12.5. The fourth-order valence-electron chi connectivity index (χ4n) is 3.66. The zero-order chi connectivity index (χ0) is 14.3. The summed E-state index contributed by atoms with van der Waals surface area (Å²) in [4.78, 5) is 14.6. The Morgan fingerprint density at radius 3 is 2.70 bits per heavy atom. The van der Waals surface area contributed by atoms with Crippen molar-refractivity contribution in [1.82, 2.24) is 10.2 Å². The van der Waals surface area contributed by atoms with Gasteiger partial charge in [0.2, 0.25) is 5.91 Å². The van der Waals surface area contributed by atoms with Crippen molar-refractivity contribution in [2.24, 2.45) is 5.92 Å². The van der Waals surface area contributed by atoms with Crippen molar-refractivity contribution < 1.29 is 4.79 Å². The van der Waals surface area contributed by atoms with Gasteiger partial charge in [0.15, 0.2) is 0 Å². The Kier molecular flexibility index (Phi) is 3.55. The summed E-state index contributed by atoms with van der Waals surface area (Å²) in [5.41, 5.74) is 2.46. The van der Waals surface area contributed by atoms with E-state index in [0.29, 0.717) is 6.04 Å². The Bertz CT molecular complexity index is 513. The lowest BCUT2D eigenvalue weighted by Crippen LogP contribution is -2.38. The summed E-state index contributed by atoms with van der Waals surface area (Å²) >= 11 is 0. The van der Waals surface area contributed by atoms with Crippen molar-refractivity contribution in [3.8, 4) is 0 Å². The number of carbonyl (C=O) groups is 1. The Labute approximate surface area is 121 Å². The molecular formula is C17H24N2O. The second-order valence-electron chi connectivity index (χ2n) is 6.52. The summed E-state index contributed by atoms with van der Waals surface area (Å²) in [6.45, 7) is 6.37. The summed E-state index contributed by atoms with van der Waals surface area (Å²) in [5, 5.41) is 3.47. The van der Waals surface area contributed by atoms with E-state index >= 15 is 0 Å². The highest BCUT2D eigenvalue weighted by Crippen LogP contribution is 2.36. The lowest BCUT2D eigenvalue weighted by molar-refractivity contribution is -0.132. The van der Waals surface area contributed by atoms with E-state index < -0.39 is 0 Å². The molecule has 1 aliphatic carbocycles. The lowest BCUT2D eigenvalue weighted by Gasteiger charge is -2.30. The number of hydrogen-bond acceptors (Lipinski definition) is 2. The van der Waals surface area contributed by atoms with Gasteiger partial charge in [-0.3, -0.25) is 10.1 Å². The molecule has 0 spiro atoms. The molecule has 4 unspecified atom stereocenters. The van der Waals surface area contributed by atoms with Crippen molar-refractivity contribution in [3.63, 3.8) is 0 Å². The zero-order valence-corrected chi connectivity index (χ0v) is 12.6. The van der Waals surface area contributed by atoms with E-state index in [4.69, 9.17) is 0 Å². The van der Waals surface area contributed by atoms with Crippen LogP contribution in [0, 0.1) is 12.8 Å². The fraction of sp³-hybridized carbons (Fsp3) is 0.588. The summed E-state index contributed by atoms with van der Waals surface area (Å²) in [6, 6.07) is 8.83. The van der Waals surface area contributed by atoms with Crippen LogP contribution in [0.2, 0.25) is 0 Å². The molecule has 1 amide bonds. The normalized spacial score (nSPS) is 34.0. The van der Waals surface area contributed by atoms with Crippen LogP contribution >= 0.6 is 0 Å². The topological polar surface area (TPSA) is 32.3 Å². The predicted octanol–water partition coefficient (Wildman–Crippen LogP) is 3.00. The van der Waals surface area contributed by atoms with Gasteiger partial charge in [0, 0.05) is 6.04 Å². The number of nitrogens with zero attached hydrogens (tertiary/aromatic N) is 1. The van der Waals surface area contributed by atoms with Gasteiger partial charge in [0.25, 0.3) is 0 Å². The Balaban J connectivity index is 1.90. The Hall–Kier alpha value is -1.35. The maximum Gasteiger partial charge on any atom is 0.241 e. The molecule has 1 aliphatic heterocycles. The molecule has 2 fully saturated rings. The first kappa shape index (κ1) is 13.6. The van der Waals surface area contributed by atoms with E-state index in [2.05, 4.69) is 48.3 Å². The van der Waals surface area contributed by atoms with Gasteiger partial charge in [-0.2, -0.15) is 0 Å². The first-order chi connectivity index (χ1) is 9.56. The smallest absolute Gasteiger partial charge is 0.241 e. The zero-order valence-electron chi connectivity index (χ0n) is 12.6. The second-order valence-corrected chi connectivity index (χ2v) is 6.52. The maximum absolute atomic E-state index is 12.5. The van der Waals surface area contributed by atoms with E-state index in [1.807, 2.05) is 6.92 Å². The molecule has 3 nitrogen and oxygen atoms in total. The monoisotopic (exact) mass is 272 g/mol. The van der Waals surface area contributed by atoms with E-state index in [-0.39, 0.29) is 18.1 Å². The molecule has 1 heterocycles. The highest BCUT2D eigenvalue weighted by Gasteiger charge is 2.42. The number of aryl methyl sites for hydroxylation is 1. The summed E-state index contributed by atoms with van der Waals surface area (Å²) in [6.07, 6.45) is 3.57. The Morgan fingerprint density at radius 2 is 2.05 bits per heavy atom. The van der Waals surface area contributed by atoms with Crippen molar-refractivity contribution in [2.75, 3.05) is 0 Å². The van der Waals surface area contributed by atoms with Crippen LogP contribution in [0.5, 0.6) is 0 Å². The number of amides is 1. The first-order valence-corrected chi connectivity index (χ1v) is 7.71. The van der Waals surface area contributed by atoms with Gasteiger partial charge in [-0.05, 0) is 44.6 Å². The summed E-state index contributed by atoms with van der Waals surface area (Å²) in [7, 11) is 0. The minimum absolute atomic E-state index is 0.0488. The van der Waals surface area contributed by atoms with Crippen molar-refractivity contribution >= 4 is 5.91 Å². The van der Waals surface area contributed by atoms with Crippen LogP contribution in [-0.2, 0) is 4.79 Å². The Morgan fingerprint density at radius 1 is 1.25 bits per heavy atom. The highest BCUT2D eigenvalue weighted by atomic mass is 16.2. The van der Waals surface area contributed by atoms with Gasteiger partial charge in [-0.1, -0.05) is 36.8 Å². The van der Waals surface area contributed by atoms with Crippen LogP contribution in [0.25, 0.3) is 0 Å². The van der Waals surface area contributed by atoms with Crippen molar-refractivity contribution in [2.45, 2.75) is 58.3 Å². The van der Waals surface area contributed by atoms with Crippen molar-refractivity contribution in [1.29, 1.82) is 0 Å². The molecular weight excluding hydrogens is 248 g/mol. The molecule has 1 aromatic rings. The third-order valence-electron chi connectivity index (χ3n) is 4.73. The number of nitrogens with one attached hydrogen (secondary N) is 1. The summed E-state index contributed by atoms with van der Waals surface area (Å²) in [5.74, 6) is 0.998. The van der Waals surface area contributed by atoms with Crippen LogP contribution in [0.15, 0.2) is 24.3 Å². The molecule has 1 aromatic carbocycles. The first-order valence-electron chi connectivity index (χ1n) is 7.71. The lowest BCUT2D eigenvalue weighted by atomic mass is 10.1. The molecule has 108 valence electrons. The largest absolute Gasteiger partial charge is 0.319 e. The second kappa shape index (κ2) is 5.21. The van der Waals surface area contributed by atoms with Crippen LogP contribution in [-0.4, -0.2) is 22.9 Å². The summed E-state index contributed by atoms with van der Waals surface area (Å²) < 4.78 is 0. The number of hydrogen-bond donors (Lipinski definition) is 1. The quantitative estimate of drug-likeness (QED) is 0.897. The molecule has 1 saturated carbocycles. The third kappa shape index (κ3) is 2.35. The van der Waals surface area contributed by atoms with E-state index in [1.54, 1.807) is 0 Å². The highest BCUT2D eigenvalue weighted by molar-refractivity contribution is 5.84. The van der Waals surface area contributed by atoms with Gasteiger partial charge in [0.05, 0.1) is 6.04 Å². The van der Waals surface area contributed by atoms with Gasteiger partial charge in [-0.25, -0.2) is 0 Å². The van der Waals surface area contributed by atoms with Crippen LogP contribution in [0.1, 0.15) is 50.4 Å². The van der Waals surface area contributed by atoms with E-state index in [9.17, 15) is 4.79 Å². The molecule has 1 saturated heterocycles. The molecule has 0 bridgehead atoms. The number of carbonyl (C=O) groups excluding carboxylic acids is 1. The number of benzene rings is 1. The van der Waals surface area contributed by atoms with E-state index in [1.165, 1.54) is 17.5 Å². The average molecular weight is 272 g/mol. The minimum atomic E-state index is -0.0728. The van der Waals surface area contributed by atoms with Crippen molar-refractivity contribution in [3.05, 3.63) is 35.4 Å². The SMILES string of the molecule is Cc1cccc(C2NC(C)C(=O)N2C2CCC(C)C2)c1. The molecule has 4 atom stereocenters. The molecule has 3 rings (SSSR count). The van der Waals surface area contributed by atoms with Crippen LogP contribution in [0.4, 0.5) is 0 Å². The van der Waals surface area contributed by atoms with E-state index in [0.717, 1.165) is 18.8 Å². The molecule has 2 aliphatic rings. The minimum Gasteiger partial charge on any atom is -0.319 e. The fourth-order valence-corrected chi connectivity index (χ4v) is 3.66. The van der Waals surface area contributed by atoms with Gasteiger partial charge >= 0.3 is 0 Å². The third-order valence-corrected chi connectivity index (χ3v) is 4.73. The van der Waals surface area contributed by atoms with Gasteiger partial charge in [0.1, 0.15) is 6.17 Å². The number of rotatable bonds is 2.